The van der Waals surface area contributed by atoms with Crippen molar-refractivity contribution in [3.63, 3.8) is 0 Å². The number of fused-ring (bicyclic) bond motifs is 1. The molecule has 0 bridgehead atoms. The van der Waals surface area contributed by atoms with Crippen LogP contribution in [0.4, 0.5) is 0 Å². The highest BCUT2D eigenvalue weighted by Crippen LogP contribution is 2.25. The first kappa shape index (κ1) is 12.7. The Kier molecular flexibility index (Phi) is 3.41. The van der Waals surface area contributed by atoms with E-state index in [0.717, 1.165) is 16.6 Å². The second kappa shape index (κ2) is 5.36. The first-order valence-corrected chi connectivity index (χ1v) is 6.52. The number of hydrogen-bond acceptors (Lipinski definition) is 4. The van der Waals surface area contributed by atoms with Crippen molar-refractivity contribution in [2.75, 3.05) is 0 Å². The van der Waals surface area contributed by atoms with Crippen LogP contribution < -0.4 is 11.3 Å². The third-order valence-electron chi connectivity index (χ3n) is 3.49. The summed E-state index contributed by atoms with van der Waals surface area (Å²) in [6, 6.07) is 14.2. The third kappa shape index (κ3) is 2.27. The molecule has 20 heavy (non-hydrogen) atoms. The Morgan fingerprint density at radius 3 is 2.50 bits per heavy atom. The molecule has 3 rings (SSSR count). The fourth-order valence-electron chi connectivity index (χ4n) is 2.44. The molecule has 0 fully saturated rings. The number of aryl methyl sites for hydroxylation is 1. The lowest BCUT2D eigenvalue weighted by atomic mass is 9.95. The largest absolute Gasteiger partial charge is 0.271 e. The van der Waals surface area contributed by atoms with Gasteiger partial charge in [0.1, 0.15) is 0 Å². The van der Waals surface area contributed by atoms with Crippen molar-refractivity contribution in [2.24, 2.45) is 5.84 Å². The molecule has 0 saturated carbocycles. The van der Waals surface area contributed by atoms with E-state index in [0.29, 0.717) is 0 Å². The molecule has 0 aliphatic rings. The van der Waals surface area contributed by atoms with Crippen LogP contribution in [0.15, 0.2) is 54.9 Å². The van der Waals surface area contributed by atoms with Gasteiger partial charge < -0.3 is 0 Å². The molecule has 3 N–H and O–H groups in total. The topological polar surface area (TPSA) is 63.8 Å². The number of hydrogen-bond donors (Lipinski definition) is 2. The predicted octanol–water partition coefficient (Wildman–Crippen LogP) is 2.49. The van der Waals surface area contributed by atoms with E-state index in [4.69, 9.17) is 5.84 Å². The van der Waals surface area contributed by atoms with E-state index >= 15 is 0 Å². The summed E-state index contributed by atoms with van der Waals surface area (Å²) in [6.45, 7) is 2.08. The Morgan fingerprint density at radius 2 is 1.75 bits per heavy atom. The molecule has 0 spiro atoms. The van der Waals surface area contributed by atoms with E-state index in [9.17, 15) is 0 Å². The molecule has 0 radical (unpaired) electrons. The highest BCUT2D eigenvalue weighted by molar-refractivity contribution is 5.74. The molecule has 0 aliphatic carbocycles. The first-order chi connectivity index (χ1) is 9.79. The molecule has 2 aromatic carbocycles. The van der Waals surface area contributed by atoms with E-state index in [1.807, 2.05) is 30.3 Å². The van der Waals surface area contributed by atoms with Gasteiger partial charge in [-0.2, -0.15) is 0 Å². The number of nitrogens with two attached hydrogens (primary N) is 1. The van der Waals surface area contributed by atoms with Gasteiger partial charge in [-0.3, -0.25) is 15.8 Å². The molecule has 3 aromatic rings. The summed E-state index contributed by atoms with van der Waals surface area (Å²) in [7, 11) is 0. The molecule has 100 valence electrons. The van der Waals surface area contributed by atoms with Crippen LogP contribution >= 0.6 is 0 Å². The molecular weight excluding hydrogens is 248 g/mol. The quantitative estimate of drug-likeness (QED) is 0.563. The normalized spacial score (nSPS) is 12.5. The SMILES string of the molecule is Cc1ccccc1C(NN)c1ccc2nccnc2c1. The highest BCUT2D eigenvalue weighted by Gasteiger charge is 2.14. The number of nitrogens with one attached hydrogen (secondary N) is 1. The molecule has 0 saturated heterocycles. The lowest BCUT2D eigenvalue weighted by Gasteiger charge is -2.19. The number of benzene rings is 2. The smallest absolute Gasteiger partial charge is 0.0890 e. The number of hydrazine groups is 1. The summed E-state index contributed by atoms with van der Waals surface area (Å²) in [5, 5.41) is 0. The molecule has 0 aliphatic heterocycles. The van der Waals surface area contributed by atoms with Gasteiger partial charge in [-0.15, -0.1) is 0 Å². The van der Waals surface area contributed by atoms with Crippen LogP contribution in [0, 0.1) is 6.92 Å². The zero-order chi connectivity index (χ0) is 13.9. The molecular formula is C16H16N4. The average Bonchev–Trinajstić information content (AvgIpc) is 2.50. The number of rotatable bonds is 3. The monoisotopic (exact) mass is 264 g/mol. The Hall–Kier alpha value is -2.30. The average molecular weight is 264 g/mol. The van der Waals surface area contributed by atoms with Crippen molar-refractivity contribution < 1.29 is 0 Å². The van der Waals surface area contributed by atoms with Gasteiger partial charge >= 0.3 is 0 Å². The number of nitrogens with zero attached hydrogens (tertiary/aromatic N) is 2. The van der Waals surface area contributed by atoms with Crippen LogP contribution in [0.5, 0.6) is 0 Å². The maximum Gasteiger partial charge on any atom is 0.0890 e. The summed E-state index contributed by atoms with van der Waals surface area (Å²) in [4.78, 5) is 8.63. The van der Waals surface area contributed by atoms with Crippen molar-refractivity contribution in [3.05, 3.63) is 71.5 Å². The summed E-state index contributed by atoms with van der Waals surface area (Å²) < 4.78 is 0. The second-order valence-electron chi connectivity index (χ2n) is 4.76. The maximum atomic E-state index is 5.76. The summed E-state index contributed by atoms with van der Waals surface area (Å²) in [5.74, 6) is 5.76. The van der Waals surface area contributed by atoms with Gasteiger partial charge in [0, 0.05) is 12.4 Å². The van der Waals surface area contributed by atoms with E-state index in [2.05, 4.69) is 34.5 Å². The summed E-state index contributed by atoms with van der Waals surface area (Å²) in [5.41, 5.74) is 8.10. The number of aromatic nitrogens is 2. The van der Waals surface area contributed by atoms with Gasteiger partial charge in [-0.05, 0) is 35.7 Å². The first-order valence-electron chi connectivity index (χ1n) is 6.52. The molecule has 0 amide bonds. The minimum Gasteiger partial charge on any atom is -0.271 e. The molecule has 1 atom stereocenters. The van der Waals surface area contributed by atoms with Gasteiger partial charge in [0.15, 0.2) is 0 Å². The van der Waals surface area contributed by atoms with Crippen LogP contribution in [0.1, 0.15) is 22.7 Å². The standard InChI is InChI=1S/C16H16N4/c1-11-4-2-3-5-13(11)16(20-17)12-6-7-14-15(10-12)19-9-8-18-14/h2-10,16,20H,17H2,1H3. The van der Waals surface area contributed by atoms with E-state index < -0.39 is 0 Å². The van der Waals surface area contributed by atoms with E-state index in [-0.39, 0.29) is 6.04 Å². The Labute approximate surface area is 117 Å². The molecule has 1 heterocycles. The zero-order valence-electron chi connectivity index (χ0n) is 11.2. The summed E-state index contributed by atoms with van der Waals surface area (Å²) >= 11 is 0. The molecule has 4 heteroatoms. The van der Waals surface area contributed by atoms with Gasteiger partial charge in [0.05, 0.1) is 17.1 Å². The maximum absolute atomic E-state index is 5.76. The minimum atomic E-state index is -0.0531. The minimum absolute atomic E-state index is 0.0531. The fraction of sp³-hybridized carbons (Fsp3) is 0.125. The van der Waals surface area contributed by atoms with Crippen LogP contribution in [-0.4, -0.2) is 9.97 Å². The van der Waals surface area contributed by atoms with Gasteiger partial charge in [0.2, 0.25) is 0 Å². The van der Waals surface area contributed by atoms with Crippen molar-refractivity contribution in [3.8, 4) is 0 Å². The Bertz CT molecular complexity index is 739. The van der Waals surface area contributed by atoms with Gasteiger partial charge in [-0.25, -0.2) is 5.43 Å². The predicted molar refractivity (Wildman–Crippen MR) is 79.9 cm³/mol. The second-order valence-corrected chi connectivity index (χ2v) is 4.76. The third-order valence-corrected chi connectivity index (χ3v) is 3.49. The summed E-state index contributed by atoms with van der Waals surface area (Å²) in [6.07, 6.45) is 3.40. The lowest BCUT2D eigenvalue weighted by molar-refractivity contribution is 0.634. The Morgan fingerprint density at radius 1 is 1.00 bits per heavy atom. The van der Waals surface area contributed by atoms with Crippen molar-refractivity contribution >= 4 is 11.0 Å². The van der Waals surface area contributed by atoms with Crippen LogP contribution in [-0.2, 0) is 0 Å². The van der Waals surface area contributed by atoms with Crippen molar-refractivity contribution in [2.45, 2.75) is 13.0 Å². The lowest BCUT2D eigenvalue weighted by Crippen LogP contribution is -2.29. The van der Waals surface area contributed by atoms with Crippen LogP contribution in [0.2, 0.25) is 0 Å². The highest BCUT2D eigenvalue weighted by atomic mass is 15.2. The van der Waals surface area contributed by atoms with E-state index in [1.165, 1.54) is 11.1 Å². The van der Waals surface area contributed by atoms with Crippen LogP contribution in [0.3, 0.4) is 0 Å². The van der Waals surface area contributed by atoms with Crippen molar-refractivity contribution in [1.82, 2.24) is 15.4 Å². The Balaban J connectivity index is 2.10. The zero-order valence-corrected chi connectivity index (χ0v) is 11.2. The van der Waals surface area contributed by atoms with Crippen molar-refractivity contribution in [1.29, 1.82) is 0 Å². The fourth-order valence-corrected chi connectivity index (χ4v) is 2.44. The molecule has 1 aromatic heterocycles. The van der Waals surface area contributed by atoms with Gasteiger partial charge in [0.25, 0.3) is 0 Å². The van der Waals surface area contributed by atoms with Gasteiger partial charge in [-0.1, -0.05) is 30.3 Å². The van der Waals surface area contributed by atoms with E-state index in [1.54, 1.807) is 12.4 Å². The molecule has 1 unspecified atom stereocenters. The molecule has 4 nitrogen and oxygen atoms in total. The van der Waals surface area contributed by atoms with Crippen LogP contribution in [0.25, 0.3) is 11.0 Å².